The van der Waals surface area contributed by atoms with Gasteiger partial charge in [0.25, 0.3) is 5.62 Å². The minimum atomic E-state index is -0.0411. The molecule has 0 spiro atoms. The van der Waals surface area contributed by atoms with Crippen molar-refractivity contribution in [3.05, 3.63) is 30.3 Å². The number of carbonyl (C=O) groups excluding carboxylic acids is 1. The average Bonchev–Trinajstić information content (AvgIpc) is 3.48. The van der Waals surface area contributed by atoms with Gasteiger partial charge in [0.1, 0.15) is 22.4 Å². The van der Waals surface area contributed by atoms with E-state index in [4.69, 9.17) is 4.98 Å². The van der Waals surface area contributed by atoms with Gasteiger partial charge in [0.2, 0.25) is 5.91 Å². The Bertz CT molecular complexity index is 1620. The lowest BCUT2D eigenvalue weighted by Crippen LogP contribution is -2.31. The molecule has 1 atom stereocenters. The second kappa shape index (κ2) is 7.76. The number of pyridine rings is 2. The first-order chi connectivity index (χ1) is 16.4. The number of amides is 1. The van der Waals surface area contributed by atoms with Crippen LogP contribution in [0.3, 0.4) is 0 Å². The van der Waals surface area contributed by atoms with Crippen LogP contribution < -0.4 is 10.9 Å². The Labute approximate surface area is 193 Å². The largest absolute Gasteiger partial charge is 0.338 e. The molecule has 0 aliphatic carbocycles. The number of nitrogens with zero attached hydrogens (tertiary/aromatic N) is 8. The monoisotopic (exact) mass is 459 g/mol. The Morgan fingerprint density at radius 2 is 2.15 bits per heavy atom. The van der Waals surface area contributed by atoms with E-state index in [9.17, 15) is 4.79 Å². The second-order valence-corrected chi connectivity index (χ2v) is 9.02. The molecule has 1 aliphatic heterocycles. The number of likely N-dealkylation sites (tertiary alicyclic amines) is 1. The van der Waals surface area contributed by atoms with Crippen molar-refractivity contribution in [3.63, 3.8) is 0 Å². The minimum Gasteiger partial charge on any atom is -0.338 e. The van der Waals surface area contributed by atoms with E-state index in [0.717, 1.165) is 36.1 Å². The summed E-state index contributed by atoms with van der Waals surface area (Å²) < 4.78 is 3.49. The third kappa shape index (κ3) is 3.61. The molecule has 1 fully saturated rings. The Morgan fingerprint density at radius 1 is 1.26 bits per heavy atom. The van der Waals surface area contributed by atoms with Gasteiger partial charge in [-0.25, -0.2) is 9.98 Å². The summed E-state index contributed by atoms with van der Waals surface area (Å²) in [6.07, 6.45) is 6.25. The lowest BCUT2D eigenvalue weighted by Gasteiger charge is -2.15. The van der Waals surface area contributed by atoms with Crippen LogP contribution in [0.25, 0.3) is 33.2 Å². The van der Waals surface area contributed by atoms with Crippen molar-refractivity contribution in [2.24, 2.45) is 25.0 Å². The van der Waals surface area contributed by atoms with Crippen LogP contribution in [0.4, 0.5) is 11.4 Å². The topological polar surface area (TPSA) is 138 Å². The van der Waals surface area contributed by atoms with E-state index >= 15 is 0 Å². The van der Waals surface area contributed by atoms with Gasteiger partial charge in [0.05, 0.1) is 41.7 Å². The van der Waals surface area contributed by atoms with E-state index in [1.165, 1.54) is 0 Å². The summed E-state index contributed by atoms with van der Waals surface area (Å²) in [5.41, 5.74) is 5.20. The molecule has 34 heavy (non-hydrogen) atoms. The van der Waals surface area contributed by atoms with Crippen molar-refractivity contribution >= 4 is 50.5 Å². The molecule has 0 radical (unpaired) electrons. The van der Waals surface area contributed by atoms with Gasteiger partial charge in [-0.1, -0.05) is 6.92 Å². The summed E-state index contributed by atoms with van der Waals surface area (Å²) in [4.78, 5) is 36.6. The van der Waals surface area contributed by atoms with E-state index in [2.05, 4.69) is 47.3 Å². The Morgan fingerprint density at radius 3 is 2.91 bits per heavy atom. The number of fused-ring (bicyclic) bond motifs is 2. The molecule has 1 amide bonds. The normalized spacial score (nSPS) is 17.5. The average molecular weight is 460 g/mol. The fraction of sp³-hybridized carbons (Fsp3) is 0.364. The zero-order chi connectivity index (χ0) is 23.4. The van der Waals surface area contributed by atoms with Gasteiger partial charge < -0.3 is 10.3 Å². The third-order valence-electron chi connectivity index (χ3n) is 6.18. The number of nitrogens with one attached hydrogen (secondary N) is 3. The van der Waals surface area contributed by atoms with Gasteiger partial charge in [-0.2, -0.15) is 10.1 Å². The Hall–Kier alpha value is -4.06. The molecule has 0 unspecified atom stereocenters. The molecular formula is C22H25N11O. The molecule has 0 aromatic carbocycles. The molecule has 5 aromatic heterocycles. The molecule has 174 valence electrons. The number of H-pyrrole nitrogens is 2. The summed E-state index contributed by atoms with van der Waals surface area (Å²) in [5, 5.41) is 11.2. The highest BCUT2D eigenvalue weighted by atomic mass is 16.2. The van der Waals surface area contributed by atoms with Crippen LogP contribution in [0.1, 0.15) is 13.3 Å². The third-order valence-corrected chi connectivity index (χ3v) is 6.18. The molecule has 0 bridgehead atoms. The molecule has 5 aromatic rings. The molecule has 3 N–H and O–H groups in total. The zero-order valence-electron chi connectivity index (χ0n) is 19.2. The highest BCUT2D eigenvalue weighted by Crippen LogP contribution is 2.27. The maximum atomic E-state index is 12.6. The van der Waals surface area contributed by atoms with Gasteiger partial charge in [-0.15, -0.1) is 0 Å². The van der Waals surface area contributed by atoms with Gasteiger partial charge in [-0.05, 0) is 24.9 Å². The standard InChI is InChI=1S/C22H25N11O/c1-12-4-5-33(9-12)11-16(34)25-13-6-15-18(23-7-13)19-17-20(27-15)30-32(3)21(17)29-22(28-19)26-14-8-24-31(2)10-14/h6-8,10,12,27,30H,4-5,9,11H2,1-3H3,(H,25,34)/t12-/m1/s1. The molecule has 1 saturated heterocycles. The molecule has 6 heterocycles. The highest BCUT2D eigenvalue weighted by molar-refractivity contribution is 6.13. The van der Waals surface area contributed by atoms with Crippen LogP contribution in [-0.4, -0.2) is 69.9 Å². The first kappa shape index (κ1) is 20.5. The van der Waals surface area contributed by atoms with E-state index in [1.807, 2.05) is 24.8 Å². The number of hydrogen-bond acceptors (Lipinski definition) is 7. The van der Waals surface area contributed by atoms with Crippen LogP contribution in [-0.2, 0) is 18.9 Å². The number of aryl methyl sites for hydroxylation is 2. The summed E-state index contributed by atoms with van der Waals surface area (Å²) in [7, 11) is 3.71. The summed E-state index contributed by atoms with van der Waals surface area (Å²) >= 11 is 0. The molecule has 12 heteroatoms. The highest BCUT2D eigenvalue weighted by Gasteiger charge is 2.21. The van der Waals surface area contributed by atoms with Crippen molar-refractivity contribution in [2.75, 3.05) is 25.0 Å². The quantitative estimate of drug-likeness (QED) is 0.349. The summed E-state index contributed by atoms with van der Waals surface area (Å²) in [6, 6.07) is 1.88. The second-order valence-electron chi connectivity index (χ2n) is 9.02. The maximum absolute atomic E-state index is 12.6. The summed E-state index contributed by atoms with van der Waals surface area (Å²) in [6.45, 7) is 4.52. The maximum Gasteiger partial charge on any atom is 0.252 e. The van der Waals surface area contributed by atoms with Crippen molar-refractivity contribution in [1.29, 1.82) is 0 Å². The van der Waals surface area contributed by atoms with E-state index < -0.39 is 0 Å². The van der Waals surface area contributed by atoms with Crippen LogP contribution in [0.15, 0.2) is 29.6 Å². The molecular weight excluding hydrogens is 434 g/mol. The SMILES string of the molecule is C[C@@H]1CCN(CC(=O)Nc2cnc3c(c2)[nH]c2[nH]n(C)c4nc(=Nc5cnn(C)c5)nc3c24)C1. The van der Waals surface area contributed by atoms with Crippen LogP contribution in [0.5, 0.6) is 0 Å². The number of rotatable bonds is 4. The van der Waals surface area contributed by atoms with Gasteiger partial charge in [0.15, 0.2) is 5.65 Å². The number of carbonyl (C=O) groups is 1. The fourth-order valence-corrected chi connectivity index (χ4v) is 4.61. The van der Waals surface area contributed by atoms with E-state index in [-0.39, 0.29) is 5.91 Å². The predicted molar refractivity (Wildman–Crippen MR) is 127 cm³/mol. The van der Waals surface area contributed by atoms with Gasteiger partial charge >= 0.3 is 0 Å². The predicted octanol–water partition coefficient (Wildman–Crippen LogP) is 1.57. The Kier molecular flexibility index (Phi) is 4.69. The molecule has 1 aliphatic rings. The van der Waals surface area contributed by atoms with Gasteiger partial charge in [0, 0.05) is 20.6 Å². The van der Waals surface area contributed by atoms with Crippen LogP contribution in [0, 0.1) is 5.92 Å². The van der Waals surface area contributed by atoms with E-state index in [0.29, 0.717) is 46.1 Å². The smallest absolute Gasteiger partial charge is 0.252 e. The summed E-state index contributed by atoms with van der Waals surface area (Å²) in [5.74, 6) is 0.596. The fourth-order valence-electron chi connectivity index (χ4n) is 4.61. The number of anilines is 1. The number of hydrogen-bond donors (Lipinski definition) is 3. The van der Waals surface area contributed by atoms with Crippen molar-refractivity contribution in [2.45, 2.75) is 13.3 Å². The lowest BCUT2D eigenvalue weighted by molar-refractivity contribution is -0.117. The number of aromatic amines is 2. The van der Waals surface area contributed by atoms with Crippen molar-refractivity contribution in [3.8, 4) is 0 Å². The molecule has 6 rings (SSSR count). The first-order valence-electron chi connectivity index (χ1n) is 11.2. The van der Waals surface area contributed by atoms with Crippen LogP contribution >= 0.6 is 0 Å². The van der Waals surface area contributed by atoms with Crippen molar-refractivity contribution in [1.82, 2.24) is 44.4 Å². The van der Waals surface area contributed by atoms with Crippen LogP contribution in [0.2, 0.25) is 0 Å². The molecule has 12 nitrogen and oxygen atoms in total. The minimum absolute atomic E-state index is 0.0411. The Balaban J connectivity index is 1.41. The number of aromatic nitrogens is 8. The first-order valence-corrected chi connectivity index (χ1v) is 11.2. The van der Waals surface area contributed by atoms with Gasteiger partial charge in [-0.3, -0.25) is 29.1 Å². The van der Waals surface area contributed by atoms with Crippen molar-refractivity contribution < 1.29 is 4.79 Å². The molecule has 0 saturated carbocycles. The van der Waals surface area contributed by atoms with E-state index in [1.54, 1.807) is 23.3 Å². The lowest BCUT2D eigenvalue weighted by atomic mass is 10.2. The zero-order valence-corrected chi connectivity index (χ0v) is 19.2.